The minimum Gasteiger partial charge on any atom is -0.465 e. The molecule has 1 aliphatic carbocycles. The Morgan fingerprint density at radius 3 is 2.83 bits per heavy atom. The monoisotopic (exact) mass is 385 g/mol. The Morgan fingerprint density at radius 2 is 2.12 bits per heavy atom. The van der Waals surface area contributed by atoms with E-state index in [1.165, 1.54) is 7.11 Å². The van der Waals surface area contributed by atoms with Gasteiger partial charge >= 0.3 is 5.97 Å². The maximum Gasteiger partial charge on any atom is 0.338 e. The van der Waals surface area contributed by atoms with Crippen LogP contribution in [0.4, 0.5) is 0 Å². The van der Waals surface area contributed by atoms with Gasteiger partial charge in [-0.05, 0) is 61.1 Å². The number of halogens is 1. The fourth-order valence-electron chi connectivity index (χ4n) is 2.96. The van der Waals surface area contributed by atoms with Crippen molar-refractivity contribution in [3.05, 3.63) is 51.5 Å². The Morgan fingerprint density at radius 1 is 1.33 bits per heavy atom. The molecule has 1 aliphatic rings. The zero-order chi connectivity index (χ0) is 16.8. The van der Waals surface area contributed by atoms with Crippen molar-refractivity contribution in [3.63, 3.8) is 0 Å². The predicted octanol–water partition coefficient (Wildman–Crippen LogP) is 5.23. The second kappa shape index (κ2) is 5.74. The lowest BCUT2D eigenvalue weighted by atomic mass is 10.0. The second-order valence-electron chi connectivity index (χ2n) is 6.10. The largest absolute Gasteiger partial charge is 0.465 e. The zero-order valence-corrected chi connectivity index (χ0v) is 15.0. The van der Waals surface area contributed by atoms with Gasteiger partial charge in [-0.2, -0.15) is 0 Å². The lowest BCUT2D eigenvalue weighted by Gasteiger charge is -2.06. The molecule has 0 unspecified atom stereocenters. The van der Waals surface area contributed by atoms with Crippen LogP contribution in [0.25, 0.3) is 22.6 Å². The van der Waals surface area contributed by atoms with Crippen molar-refractivity contribution in [2.45, 2.75) is 25.7 Å². The number of oxazole rings is 1. The molecule has 2 aromatic carbocycles. The summed E-state index contributed by atoms with van der Waals surface area (Å²) in [6.07, 6.45) is 2.20. The number of nitrogens with zero attached hydrogens (tertiary/aromatic N) is 1. The standard InChI is InChI=1S/C19H16BrNO3/c1-10-12(4-3-5-15(10)20)18-21-16-8-14(19(22)23-2)13(11-6-7-11)9-17(16)24-18/h3-5,8-9,11H,6-7H2,1-2H3. The molecule has 1 aromatic heterocycles. The third-order valence-electron chi connectivity index (χ3n) is 4.48. The van der Waals surface area contributed by atoms with Crippen LogP contribution < -0.4 is 0 Å². The number of fused-ring (bicyclic) bond motifs is 1. The summed E-state index contributed by atoms with van der Waals surface area (Å²) in [6, 6.07) is 9.66. The first-order chi connectivity index (χ1) is 11.6. The molecule has 1 saturated carbocycles. The van der Waals surface area contributed by atoms with Gasteiger partial charge in [0.05, 0.1) is 12.7 Å². The molecule has 0 radical (unpaired) electrons. The van der Waals surface area contributed by atoms with E-state index >= 15 is 0 Å². The van der Waals surface area contributed by atoms with Gasteiger partial charge < -0.3 is 9.15 Å². The van der Waals surface area contributed by atoms with Crippen LogP contribution in [0.3, 0.4) is 0 Å². The van der Waals surface area contributed by atoms with Crippen LogP contribution in [0.15, 0.2) is 39.2 Å². The number of carbonyl (C=O) groups excluding carboxylic acids is 1. The molecular weight excluding hydrogens is 370 g/mol. The van der Waals surface area contributed by atoms with E-state index < -0.39 is 0 Å². The van der Waals surface area contributed by atoms with Gasteiger partial charge in [-0.25, -0.2) is 9.78 Å². The number of methoxy groups -OCH3 is 1. The molecule has 24 heavy (non-hydrogen) atoms. The number of esters is 1. The highest BCUT2D eigenvalue weighted by Gasteiger charge is 2.30. The van der Waals surface area contributed by atoms with Crippen LogP contribution in [0.1, 0.15) is 40.2 Å². The lowest BCUT2D eigenvalue weighted by molar-refractivity contribution is 0.0599. The summed E-state index contributed by atoms with van der Waals surface area (Å²) in [7, 11) is 1.41. The highest BCUT2D eigenvalue weighted by molar-refractivity contribution is 9.10. The first-order valence-corrected chi connectivity index (χ1v) is 8.66. The quantitative estimate of drug-likeness (QED) is 0.579. The minimum atomic E-state index is -0.318. The molecule has 4 nitrogen and oxygen atoms in total. The number of benzene rings is 2. The molecular formula is C19H16BrNO3. The van der Waals surface area contributed by atoms with Crippen molar-refractivity contribution in [1.29, 1.82) is 0 Å². The van der Waals surface area contributed by atoms with E-state index in [9.17, 15) is 4.79 Å². The Balaban J connectivity index is 1.89. The molecule has 0 bridgehead atoms. The van der Waals surface area contributed by atoms with E-state index in [1.54, 1.807) is 6.07 Å². The summed E-state index contributed by atoms with van der Waals surface area (Å²) < 4.78 is 11.9. The van der Waals surface area contributed by atoms with Gasteiger partial charge in [-0.15, -0.1) is 0 Å². The molecule has 122 valence electrons. The molecule has 0 atom stereocenters. The Bertz CT molecular complexity index is 957. The summed E-state index contributed by atoms with van der Waals surface area (Å²) in [5.74, 6) is 0.666. The topological polar surface area (TPSA) is 52.3 Å². The van der Waals surface area contributed by atoms with E-state index in [1.807, 2.05) is 31.2 Å². The van der Waals surface area contributed by atoms with E-state index in [-0.39, 0.29) is 5.97 Å². The van der Waals surface area contributed by atoms with Crippen molar-refractivity contribution in [3.8, 4) is 11.5 Å². The van der Waals surface area contributed by atoms with Crippen molar-refractivity contribution < 1.29 is 13.9 Å². The molecule has 4 rings (SSSR count). The van der Waals surface area contributed by atoms with Crippen LogP contribution in [-0.2, 0) is 4.74 Å². The smallest absolute Gasteiger partial charge is 0.338 e. The molecule has 1 fully saturated rings. The average molecular weight is 386 g/mol. The van der Waals surface area contributed by atoms with Crippen molar-refractivity contribution >= 4 is 33.0 Å². The van der Waals surface area contributed by atoms with Gasteiger partial charge in [0.1, 0.15) is 5.52 Å². The SMILES string of the molecule is COC(=O)c1cc2nc(-c3cccc(Br)c3C)oc2cc1C1CC1. The summed E-state index contributed by atoms with van der Waals surface area (Å²) >= 11 is 3.54. The maximum atomic E-state index is 12.1. The molecule has 1 heterocycles. The fourth-order valence-corrected chi connectivity index (χ4v) is 3.33. The van der Waals surface area contributed by atoms with E-state index in [2.05, 4.69) is 20.9 Å². The Labute approximate surface area is 148 Å². The van der Waals surface area contributed by atoms with Crippen molar-refractivity contribution in [1.82, 2.24) is 4.98 Å². The number of ether oxygens (including phenoxy) is 1. The molecule has 0 spiro atoms. The predicted molar refractivity (Wildman–Crippen MR) is 95.2 cm³/mol. The second-order valence-corrected chi connectivity index (χ2v) is 6.96. The van der Waals surface area contributed by atoms with Gasteiger partial charge in [0, 0.05) is 10.0 Å². The summed E-state index contributed by atoms with van der Waals surface area (Å²) in [5, 5.41) is 0. The normalized spacial score (nSPS) is 14.1. The molecule has 0 saturated heterocycles. The number of rotatable bonds is 3. The Kier molecular flexibility index (Phi) is 3.68. The van der Waals surface area contributed by atoms with Gasteiger partial charge in [0.15, 0.2) is 5.58 Å². The highest BCUT2D eigenvalue weighted by atomic mass is 79.9. The first-order valence-electron chi connectivity index (χ1n) is 7.86. The first kappa shape index (κ1) is 15.4. The van der Waals surface area contributed by atoms with Crippen molar-refractivity contribution in [2.24, 2.45) is 0 Å². The van der Waals surface area contributed by atoms with Crippen LogP contribution in [-0.4, -0.2) is 18.1 Å². The third-order valence-corrected chi connectivity index (χ3v) is 5.34. The van der Waals surface area contributed by atoms with Crippen LogP contribution in [0, 0.1) is 6.92 Å². The zero-order valence-electron chi connectivity index (χ0n) is 13.4. The average Bonchev–Trinajstić information content (AvgIpc) is 3.35. The molecule has 0 amide bonds. The Hall–Kier alpha value is -2.14. The van der Waals surface area contributed by atoms with Crippen LogP contribution >= 0.6 is 15.9 Å². The van der Waals surface area contributed by atoms with Crippen LogP contribution in [0.5, 0.6) is 0 Å². The van der Waals surface area contributed by atoms with Crippen LogP contribution in [0.2, 0.25) is 0 Å². The van der Waals surface area contributed by atoms with E-state index in [4.69, 9.17) is 9.15 Å². The van der Waals surface area contributed by atoms with Gasteiger partial charge in [-0.1, -0.05) is 22.0 Å². The van der Waals surface area contributed by atoms with E-state index in [0.717, 1.165) is 34.0 Å². The lowest BCUT2D eigenvalue weighted by Crippen LogP contribution is -2.05. The van der Waals surface area contributed by atoms with Gasteiger partial charge in [-0.3, -0.25) is 0 Å². The summed E-state index contributed by atoms with van der Waals surface area (Å²) in [4.78, 5) is 16.7. The number of hydrogen-bond acceptors (Lipinski definition) is 4. The molecule has 0 aliphatic heterocycles. The molecule has 3 aromatic rings. The maximum absolute atomic E-state index is 12.1. The van der Waals surface area contributed by atoms with Gasteiger partial charge in [0.25, 0.3) is 0 Å². The number of hydrogen-bond donors (Lipinski definition) is 0. The summed E-state index contributed by atoms with van der Waals surface area (Å²) in [5.41, 5.74) is 4.99. The number of carbonyl (C=O) groups is 1. The van der Waals surface area contributed by atoms with Gasteiger partial charge in [0.2, 0.25) is 5.89 Å². The molecule has 0 N–H and O–H groups in total. The summed E-state index contributed by atoms with van der Waals surface area (Å²) in [6.45, 7) is 2.02. The number of aromatic nitrogens is 1. The third kappa shape index (κ3) is 2.53. The molecule has 5 heteroatoms. The van der Waals surface area contributed by atoms with Crippen molar-refractivity contribution in [2.75, 3.05) is 7.11 Å². The minimum absolute atomic E-state index is 0.318. The fraction of sp³-hybridized carbons (Fsp3) is 0.263. The van der Waals surface area contributed by atoms with E-state index in [0.29, 0.717) is 28.5 Å². The highest BCUT2D eigenvalue weighted by Crippen LogP contribution is 2.43.